The molecule has 158 valence electrons. The second kappa shape index (κ2) is 8.43. The number of anilines is 1. The number of aromatic nitrogens is 2. The molecule has 1 aliphatic heterocycles. The number of rotatable bonds is 4. The molecule has 0 spiro atoms. The number of fused-ring (bicyclic) bond motifs is 1. The van der Waals surface area contributed by atoms with E-state index in [1.165, 1.54) is 42.3 Å². The molecule has 3 aromatic rings. The van der Waals surface area contributed by atoms with E-state index in [-0.39, 0.29) is 0 Å². The molecule has 0 unspecified atom stereocenters. The van der Waals surface area contributed by atoms with E-state index in [0.717, 1.165) is 56.0 Å². The molecule has 0 N–H and O–H groups in total. The monoisotopic (exact) mass is 402 g/mol. The van der Waals surface area contributed by atoms with Crippen molar-refractivity contribution in [1.82, 2.24) is 14.5 Å². The highest BCUT2D eigenvalue weighted by Crippen LogP contribution is 2.37. The molecule has 1 saturated carbocycles. The van der Waals surface area contributed by atoms with Crippen LogP contribution in [0.2, 0.25) is 0 Å². The fraction of sp³-hybridized carbons (Fsp3) is 0.500. The standard InChI is InChI=1S/C26H34N4/c1-20-7-3-4-8-23(20)22-13-11-21(12-14-22)19-30-25-10-6-5-9-24(25)27-26(30)29-17-15-28(2)16-18-29/h5-6,9-14,20,23H,3-4,7-8,15-19H2,1-2H3/t20-,23-/m1/s1. The molecule has 2 aromatic carbocycles. The van der Waals surface area contributed by atoms with Crippen LogP contribution in [0, 0.1) is 5.92 Å². The summed E-state index contributed by atoms with van der Waals surface area (Å²) in [5.74, 6) is 2.67. The van der Waals surface area contributed by atoms with Crippen molar-refractivity contribution in [2.45, 2.75) is 45.1 Å². The van der Waals surface area contributed by atoms with Crippen LogP contribution in [0.3, 0.4) is 0 Å². The molecule has 5 rings (SSSR count). The SMILES string of the molecule is C[C@@H]1CCCC[C@H]1c1ccc(Cn2c(N3CCN(C)CC3)nc3ccccc32)cc1. The van der Waals surface area contributed by atoms with E-state index in [0.29, 0.717) is 0 Å². The first kappa shape index (κ1) is 19.6. The maximum absolute atomic E-state index is 5.03. The topological polar surface area (TPSA) is 24.3 Å². The number of benzene rings is 2. The molecule has 4 nitrogen and oxygen atoms in total. The summed E-state index contributed by atoms with van der Waals surface area (Å²) in [6.07, 6.45) is 5.51. The number of hydrogen-bond donors (Lipinski definition) is 0. The lowest BCUT2D eigenvalue weighted by Crippen LogP contribution is -2.45. The molecule has 2 fully saturated rings. The zero-order valence-corrected chi connectivity index (χ0v) is 18.4. The summed E-state index contributed by atoms with van der Waals surface area (Å²) in [6.45, 7) is 7.58. The highest BCUT2D eigenvalue weighted by Gasteiger charge is 2.23. The van der Waals surface area contributed by atoms with Gasteiger partial charge in [-0.25, -0.2) is 4.98 Å². The zero-order valence-electron chi connectivity index (χ0n) is 18.4. The molecule has 2 aliphatic rings. The molecule has 1 saturated heterocycles. The first-order valence-electron chi connectivity index (χ1n) is 11.7. The van der Waals surface area contributed by atoms with Gasteiger partial charge in [0.05, 0.1) is 17.6 Å². The quantitative estimate of drug-likeness (QED) is 0.605. The first-order chi connectivity index (χ1) is 14.7. The van der Waals surface area contributed by atoms with Crippen molar-refractivity contribution in [1.29, 1.82) is 0 Å². The Morgan fingerprint density at radius 2 is 1.63 bits per heavy atom. The Hall–Kier alpha value is -2.33. The third kappa shape index (κ3) is 3.85. The lowest BCUT2D eigenvalue weighted by atomic mass is 9.76. The minimum Gasteiger partial charge on any atom is -0.340 e. The predicted octanol–water partition coefficient (Wildman–Crippen LogP) is 5.13. The highest BCUT2D eigenvalue weighted by molar-refractivity contribution is 5.79. The van der Waals surface area contributed by atoms with Crippen LogP contribution >= 0.6 is 0 Å². The van der Waals surface area contributed by atoms with Crippen LogP contribution < -0.4 is 4.90 Å². The molecule has 4 heteroatoms. The predicted molar refractivity (Wildman–Crippen MR) is 125 cm³/mol. The Bertz CT molecular complexity index is 982. The summed E-state index contributed by atoms with van der Waals surface area (Å²) >= 11 is 0. The van der Waals surface area contributed by atoms with Gasteiger partial charge in [-0.05, 0) is 48.6 Å². The Kier molecular flexibility index (Phi) is 5.51. The fourth-order valence-electron chi connectivity index (χ4n) is 5.33. The van der Waals surface area contributed by atoms with E-state index in [1.807, 2.05) is 0 Å². The second-order valence-corrected chi connectivity index (χ2v) is 9.39. The Morgan fingerprint density at radius 3 is 2.40 bits per heavy atom. The molecule has 2 heterocycles. The van der Waals surface area contributed by atoms with Crippen molar-refractivity contribution < 1.29 is 0 Å². The van der Waals surface area contributed by atoms with Gasteiger partial charge in [-0.15, -0.1) is 0 Å². The average Bonchev–Trinajstić information content (AvgIpc) is 3.14. The number of piperazine rings is 1. The van der Waals surface area contributed by atoms with Gasteiger partial charge in [-0.2, -0.15) is 0 Å². The number of likely N-dealkylation sites (N-methyl/N-ethyl adjacent to an activating group) is 1. The third-order valence-corrected chi connectivity index (χ3v) is 7.28. The number of hydrogen-bond acceptors (Lipinski definition) is 3. The van der Waals surface area contributed by atoms with Gasteiger partial charge < -0.3 is 14.4 Å². The van der Waals surface area contributed by atoms with Gasteiger partial charge in [0.1, 0.15) is 0 Å². The summed E-state index contributed by atoms with van der Waals surface area (Å²) in [5, 5.41) is 0. The van der Waals surface area contributed by atoms with Crippen molar-refractivity contribution >= 4 is 17.0 Å². The molecule has 30 heavy (non-hydrogen) atoms. The smallest absolute Gasteiger partial charge is 0.206 e. The zero-order chi connectivity index (χ0) is 20.5. The number of para-hydroxylation sites is 2. The van der Waals surface area contributed by atoms with E-state index < -0.39 is 0 Å². The van der Waals surface area contributed by atoms with E-state index in [2.05, 4.69) is 76.9 Å². The summed E-state index contributed by atoms with van der Waals surface area (Å²) in [7, 11) is 2.20. The average molecular weight is 403 g/mol. The van der Waals surface area contributed by atoms with E-state index >= 15 is 0 Å². The lowest BCUT2D eigenvalue weighted by molar-refractivity contribution is 0.310. The van der Waals surface area contributed by atoms with Crippen LogP contribution in [0.25, 0.3) is 11.0 Å². The van der Waals surface area contributed by atoms with Gasteiger partial charge in [0.2, 0.25) is 5.95 Å². The van der Waals surface area contributed by atoms with Gasteiger partial charge in [0, 0.05) is 26.2 Å². The maximum atomic E-state index is 5.03. The van der Waals surface area contributed by atoms with Crippen molar-refractivity contribution in [2.75, 3.05) is 38.1 Å². The van der Waals surface area contributed by atoms with Crippen LogP contribution in [0.4, 0.5) is 5.95 Å². The molecule has 1 aliphatic carbocycles. The van der Waals surface area contributed by atoms with Crippen LogP contribution in [0.1, 0.15) is 49.7 Å². The molecular formula is C26H34N4. The molecule has 2 atom stereocenters. The first-order valence-corrected chi connectivity index (χ1v) is 11.7. The number of nitrogens with zero attached hydrogens (tertiary/aromatic N) is 4. The summed E-state index contributed by atoms with van der Waals surface area (Å²) in [5.41, 5.74) is 5.22. The van der Waals surface area contributed by atoms with E-state index in [9.17, 15) is 0 Å². The van der Waals surface area contributed by atoms with Crippen molar-refractivity contribution in [3.05, 3.63) is 59.7 Å². The largest absolute Gasteiger partial charge is 0.340 e. The Labute approximate surface area is 180 Å². The highest BCUT2D eigenvalue weighted by atomic mass is 15.3. The Balaban J connectivity index is 1.42. The molecule has 0 bridgehead atoms. The van der Waals surface area contributed by atoms with Gasteiger partial charge in [0.25, 0.3) is 0 Å². The number of imidazole rings is 1. The summed E-state index contributed by atoms with van der Waals surface area (Å²) in [4.78, 5) is 9.88. The van der Waals surface area contributed by atoms with Crippen LogP contribution in [-0.4, -0.2) is 47.7 Å². The van der Waals surface area contributed by atoms with Gasteiger partial charge in [-0.1, -0.05) is 62.6 Å². The molecule has 1 aromatic heterocycles. The fourth-order valence-corrected chi connectivity index (χ4v) is 5.33. The van der Waals surface area contributed by atoms with Crippen LogP contribution in [-0.2, 0) is 6.54 Å². The van der Waals surface area contributed by atoms with Crippen molar-refractivity contribution in [3.8, 4) is 0 Å². The van der Waals surface area contributed by atoms with Crippen LogP contribution in [0.5, 0.6) is 0 Å². The van der Waals surface area contributed by atoms with Crippen molar-refractivity contribution in [2.24, 2.45) is 5.92 Å². The van der Waals surface area contributed by atoms with Crippen molar-refractivity contribution in [3.63, 3.8) is 0 Å². The molecule has 0 amide bonds. The normalized spacial score (nSPS) is 23.2. The summed E-state index contributed by atoms with van der Waals surface area (Å²) in [6, 6.07) is 18.0. The minimum atomic E-state index is 0.739. The second-order valence-electron chi connectivity index (χ2n) is 9.39. The molecular weight excluding hydrogens is 368 g/mol. The maximum Gasteiger partial charge on any atom is 0.206 e. The van der Waals surface area contributed by atoms with E-state index in [1.54, 1.807) is 0 Å². The van der Waals surface area contributed by atoms with E-state index in [4.69, 9.17) is 4.98 Å². The third-order valence-electron chi connectivity index (χ3n) is 7.28. The van der Waals surface area contributed by atoms with Crippen LogP contribution in [0.15, 0.2) is 48.5 Å². The summed E-state index contributed by atoms with van der Waals surface area (Å²) < 4.78 is 2.42. The lowest BCUT2D eigenvalue weighted by Gasteiger charge is -2.33. The van der Waals surface area contributed by atoms with Gasteiger partial charge in [0.15, 0.2) is 0 Å². The Morgan fingerprint density at radius 1 is 0.900 bits per heavy atom. The van der Waals surface area contributed by atoms with Gasteiger partial charge >= 0.3 is 0 Å². The van der Waals surface area contributed by atoms with Gasteiger partial charge in [-0.3, -0.25) is 0 Å². The molecule has 0 radical (unpaired) electrons. The minimum absolute atomic E-state index is 0.739.